The summed E-state index contributed by atoms with van der Waals surface area (Å²) in [4.78, 5) is 15.8. The average Bonchev–Trinajstić information content (AvgIpc) is 3.46. The Bertz CT molecular complexity index is 1390. The minimum atomic E-state index is -0.717. The van der Waals surface area contributed by atoms with Gasteiger partial charge in [0.1, 0.15) is 11.5 Å². The molecule has 0 radical (unpaired) electrons. The Morgan fingerprint density at radius 3 is 2.62 bits per heavy atom. The molecule has 1 heterocycles. The van der Waals surface area contributed by atoms with Crippen LogP contribution in [0, 0.1) is 12.8 Å². The smallest absolute Gasteiger partial charge is 0.303 e. The van der Waals surface area contributed by atoms with Gasteiger partial charge in [-0.25, -0.2) is 4.98 Å². The first-order valence-electron chi connectivity index (χ1n) is 14.1. The second kappa shape index (κ2) is 12.3. The third kappa shape index (κ3) is 6.25. The van der Waals surface area contributed by atoms with E-state index in [1.807, 2.05) is 37.3 Å². The SMILES string of the molecule is CCc1ccc(C2=C3CCC(CCCC(=O)O)C3=CCC=C2OCCc2nc(-c3ccccc3)oc2C)cc1. The predicted molar refractivity (Wildman–Crippen MR) is 154 cm³/mol. The van der Waals surface area contributed by atoms with E-state index in [2.05, 4.69) is 43.3 Å². The zero-order valence-electron chi connectivity index (χ0n) is 22.9. The van der Waals surface area contributed by atoms with Gasteiger partial charge in [-0.1, -0.05) is 55.5 Å². The van der Waals surface area contributed by atoms with E-state index in [4.69, 9.17) is 19.2 Å². The highest BCUT2D eigenvalue weighted by Crippen LogP contribution is 2.46. The monoisotopic (exact) mass is 523 g/mol. The summed E-state index contributed by atoms with van der Waals surface area (Å²) in [5.74, 6) is 2.09. The van der Waals surface area contributed by atoms with E-state index < -0.39 is 5.97 Å². The minimum absolute atomic E-state index is 0.230. The van der Waals surface area contributed by atoms with Gasteiger partial charge in [-0.2, -0.15) is 0 Å². The molecule has 0 saturated heterocycles. The van der Waals surface area contributed by atoms with Crippen molar-refractivity contribution in [2.75, 3.05) is 6.61 Å². The van der Waals surface area contributed by atoms with Crippen LogP contribution in [0.25, 0.3) is 17.0 Å². The van der Waals surface area contributed by atoms with Gasteiger partial charge in [0, 0.05) is 24.0 Å². The van der Waals surface area contributed by atoms with Crippen molar-refractivity contribution in [3.63, 3.8) is 0 Å². The van der Waals surface area contributed by atoms with Crippen molar-refractivity contribution in [3.05, 3.63) is 106 Å². The predicted octanol–water partition coefficient (Wildman–Crippen LogP) is 8.10. The summed E-state index contributed by atoms with van der Waals surface area (Å²) in [6.45, 7) is 4.64. The number of nitrogens with zero attached hydrogens (tertiary/aromatic N) is 1. The van der Waals surface area contributed by atoms with Crippen LogP contribution in [-0.4, -0.2) is 22.7 Å². The maximum atomic E-state index is 11.1. The summed E-state index contributed by atoms with van der Waals surface area (Å²) in [6, 6.07) is 18.8. The Balaban J connectivity index is 1.36. The lowest BCUT2D eigenvalue weighted by atomic mass is 9.91. The molecule has 0 spiro atoms. The van der Waals surface area contributed by atoms with Gasteiger partial charge < -0.3 is 14.3 Å². The Morgan fingerprint density at radius 2 is 1.87 bits per heavy atom. The molecule has 1 unspecified atom stereocenters. The summed E-state index contributed by atoms with van der Waals surface area (Å²) in [6.07, 6.45) is 10.9. The van der Waals surface area contributed by atoms with Crippen LogP contribution in [0.2, 0.25) is 0 Å². The highest BCUT2D eigenvalue weighted by molar-refractivity contribution is 5.84. The number of aliphatic carboxylic acids is 1. The molecule has 2 aliphatic carbocycles. The zero-order valence-corrected chi connectivity index (χ0v) is 22.9. The van der Waals surface area contributed by atoms with Crippen LogP contribution in [0.3, 0.4) is 0 Å². The number of rotatable bonds is 11. The lowest BCUT2D eigenvalue weighted by Gasteiger charge is -2.18. The van der Waals surface area contributed by atoms with Crippen molar-refractivity contribution in [1.29, 1.82) is 0 Å². The van der Waals surface area contributed by atoms with Crippen molar-refractivity contribution in [2.24, 2.45) is 5.92 Å². The number of ether oxygens (including phenoxy) is 1. The molecule has 0 bridgehead atoms. The van der Waals surface area contributed by atoms with Crippen LogP contribution in [0.15, 0.2) is 88.1 Å². The second-order valence-corrected chi connectivity index (χ2v) is 10.4. The number of benzene rings is 2. The lowest BCUT2D eigenvalue weighted by Crippen LogP contribution is -2.05. The Hall–Kier alpha value is -3.86. The zero-order chi connectivity index (χ0) is 27.2. The summed E-state index contributed by atoms with van der Waals surface area (Å²) in [5, 5.41) is 9.12. The summed E-state index contributed by atoms with van der Waals surface area (Å²) < 4.78 is 12.5. The van der Waals surface area contributed by atoms with Crippen molar-refractivity contribution < 1.29 is 19.1 Å². The molecule has 39 heavy (non-hydrogen) atoms. The molecule has 1 aromatic heterocycles. The molecule has 0 amide bonds. The van der Waals surface area contributed by atoms with Gasteiger partial charge in [-0.15, -0.1) is 0 Å². The van der Waals surface area contributed by atoms with Crippen LogP contribution in [0.4, 0.5) is 0 Å². The van der Waals surface area contributed by atoms with E-state index in [0.717, 1.165) is 54.9 Å². The van der Waals surface area contributed by atoms with E-state index in [0.29, 0.717) is 31.3 Å². The molecule has 5 nitrogen and oxygen atoms in total. The third-order valence-corrected chi connectivity index (χ3v) is 7.82. The highest BCUT2D eigenvalue weighted by Gasteiger charge is 2.30. The van der Waals surface area contributed by atoms with Gasteiger partial charge in [0.05, 0.1) is 12.3 Å². The van der Waals surface area contributed by atoms with Crippen LogP contribution >= 0.6 is 0 Å². The Morgan fingerprint density at radius 1 is 1.08 bits per heavy atom. The van der Waals surface area contributed by atoms with Gasteiger partial charge in [0.2, 0.25) is 5.89 Å². The molecule has 1 atom stereocenters. The number of hydrogen-bond acceptors (Lipinski definition) is 4. The number of hydrogen-bond donors (Lipinski definition) is 1. The van der Waals surface area contributed by atoms with Gasteiger partial charge in [-0.3, -0.25) is 4.79 Å². The largest absolute Gasteiger partial charge is 0.493 e. The minimum Gasteiger partial charge on any atom is -0.493 e. The van der Waals surface area contributed by atoms with Crippen molar-refractivity contribution in [2.45, 2.75) is 65.2 Å². The maximum Gasteiger partial charge on any atom is 0.303 e. The van der Waals surface area contributed by atoms with E-state index in [-0.39, 0.29) is 6.42 Å². The number of oxazole rings is 1. The molecule has 3 aromatic rings. The fourth-order valence-corrected chi connectivity index (χ4v) is 5.74. The van der Waals surface area contributed by atoms with Gasteiger partial charge in [0.15, 0.2) is 0 Å². The number of carboxylic acids is 1. The second-order valence-electron chi connectivity index (χ2n) is 10.4. The fourth-order valence-electron chi connectivity index (χ4n) is 5.74. The highest BCUT2D eigenvalue weighted by atomic mass is 16.5. The van der Waals surface area contributed by atoms with Crippen LogP contribution in [0.1, 0.15) is 68.0 Å². The quantitative estimate of drug-likeness (QED) is 0.275. The number of carboxylic acid groups (broad SMARTS) is 1. The van der Waals surface area contributed by atoms with Gasteiger partial charge >= 0.3 is 5.97 Å². The molecular formula is C34H37NO4. The standard InChI is InChI=1S/C34H37NO4/c1-3-24-15-17-26(18-16-24)33-29-20-19-25(11-7-14-32(36)37)28(29)12-8-13-31(33)38-22-21-30-23(2)39-34(35-30)27-9-5-4-6-10-27/h4-6,9-10,12-13,15-18,25H,3,7-8,11,14,19-22H2,1-2H3,(H,36,37). The molecule has 2 aromatic carbocycles. The molecule has 0 aliphatic heterocycles. The maximum absolute atomic E-state index is 11.1. The molecule has 1 saturated carbocycles. The van der Waals surface area contributed by atoms with Crippen LogP contribution < -0.4 is 0 Å². The first kappa shape index (κ1) is 26.7. The molecule has 5 heteroatoms. The van der Waals surface area contributed by atoms with Gasteiger partial charge in [-0.05, 0) is 91.8 Å². The number of carbonyl (C=O) groups is 1. The number of allylic oxidation sites excluding steroid dienone is 5. The molecule has 5 rings (SSSR count). The summed E-state index contributed by atoms with van der Waals surface area (Å²) >= 11 is 0. The summed E-state index contributed by atoms with van der Waals surface area (Å²) in [7, 11) is 0. The van der Waals surface area contributed by atoms with Crippen molar-refractivity contribution >= 4 is 11.5 Å². The number of aryl methyl sites for hydroxylation is 2. The number of aromatic nitrogens is 1. The van der Waals surface area contributed by atoms with E-state index in [1.165, 1.54) is 27.8 Å². The third-order valence-electron chi connectivity index (χ3n) is 7.82. The first-order valence-corrected chi connectivity index (χ1v) is 14.1. The van der Waals surface area contributed by atoms with E-state index in [1.54, 1.807) is 0 Å². The average molecular weight is 524 g/mol. The topological polar surface area (TPSA) is 72.6 Å². The molecule has 202 valence electrons. The Kier molecular flexibility index (Phi) is 8.45. The van der Waals surface area contributed by atoms with E-state index >= 15 is 0 Å². The molecule has 1 N–H and O–H groups in total. The first-order chi connectivity index (χ1) is 19.0. The normalized spacial score (nSPS) is 16.9. The van der Waals surface area contributed by atoms with E-state index in [9.17, 15) is 4.79 Å². The van der Waals surface area contributed by atoms with Crippen molar-refractivity contribution in [3.8, 4) is 11.5 Å². The summed E-state index contributed by atoms with van der Waals surface area (Å²) in [5.41, 5.74) is 8.30. The molecule has 1 fully saturated rings. The Labute approximate surface area is 230 Å². The number of fused-ring (bicyclic) bond motifs is 1. The van der Waals surface area contributed by atoms with Crippen LogP contribution in [-0.2, 0) is 22.4 Å². The van der Waals surface area contributed by atoms with Gasteiger partial charge in [0.25, 0.3) is 0 Å². The van der Waals surface area contributed by atoms with Crippen LogP contribution in [0.5, 0.6) is 0 Å². The molecule has 2 aliphatic rings. The van der Waals surface area contributed by atoms with Crippen molar-refractivity contribution in [1.82, 2.24) is 4.98 Å². The fraction of sp³-hybridized carbons (Fsp3) is 0.353. The molecular weight excluding hydrogens is 486 g/mol. The lowest BCUT2D eigenvalue weighted by molar-refractivity contribution is -0.137.